The van der Waals surface area contributed by atoms with Crippen LogP contribution in [0.2, 0.25) is 0 Å². The van der Waals surface area contributed by atoms with Crippen molar-refractivity contribution >= 4 is 29.8 Å². The van der Waals surface area contributed by atoms with Gasteiger partial charge in [0.05, 0.1) is 12.5 Å². The van der Waals surface area contributed by atoms with Crippen molar-refractivity contribution in [3.8, 4) is 0 Å². The van der Waals surface area contributed by atoms with Crippen LogP contribution in [0.3, 0.4) is 0 Å². The van der Waals surface area contributed by atoms with E-state index in [-0.39, 0.29) is 18.0 Å². The third kappa shape index (κ3) is 6.40. The molecule has 0 saturated carbocycles. The van der Waals surface area contributed by atoms with Crippen LogP contribution in [0.25, 0.3) is 0 Å². The van der Waals surface area contributed by atoms with Gasteiger partial charge in [-0.05, 0) is 31.0 Å². The van der Waals surface area contributed by atoms with Gasteiger partial charge in [-0.2, -0.15) is 0 Å². The molecular formula is C21H23N3O6. The Bertz CT molecular complexity index is 970. The first kappa shape index (κ1) is 22.5. The molecule has 2 atom stereocenters. The van der Waals surface area contributed by atoms with Crippen LogP contribution in [-0.2, 0) is 25.6 Å². The second-order valence-electron chi connectivity index (χ2n) is 6.69. The number of aldehydes is 1. The summed E-state index contributed by atoms with van der Waals surface area (Å²) in [5.74, 6) is -2.27. The number of hydrogen-bond donors (Lipinski definition) is 3. The Morgan fingerprint density at radius 3 is 2.47 bits per heavy atom. The topological polar surface area (TPSA) is 135 Å². The van der Waals surface area contributed by atoms with Gasteiger partial charge in [-0.3, -0.25) is 19.2 Å². The van der Waals surface area contributed by atoms with Crippen molar-refractivity contribution in [2.24, 2.45) is 0 Å². The van der Waals surface area contributed by atoms with E-state index in [2.05, 4.69) is 10.6 Å². The van der Waals surface area contributed by atoms with Gasteiger partial charge in [0.25, 0.3) is 5.56 Å². The molecule has 0 fully saturated rings. The smallest absolute Gasteiger partial charge is 0.305 e. The van der Waals surface area contributed by atoms with Crippen LogP contribution in [0.1, 0.15) is 31.4 Å². The molecule has 0 spiro atoms. The molecule has 0 aliphatic carbocycles. The first-order valence-electron chi connectivity index (χ1n) is 9.34. The number of aryl methyl sites for hydroxylation is 1. The van der Waals surface area contributed by atoms with E-state index in [1.54, 1.807) is 0 Å². The number of carbonyl (C=O) groups is 4. The molecule has 158 valence electrons. The molecule has 1 aromatic heterocycles. The van der Waals surface area contributed by atoms with Crippen LogP contribution < -0.4 is 16.2 Å². The number of carboxylic acids is 1. The molecule has 9 heteroatoms. The van der Waals surface area contributed by atoms with Crippen LogP contribution in [0.15, 0.2) is 53.5 Å². The molecule has 2 amide bonds. The summed E-state index contributed by atoms with van der Waals surface area (Å²) in [7, 11) is 0. The zero-order chi connectivity index (χ0) is 22.1. The molecule has 0 bridgehead atoms. The predicted octanol–water partition coefficient (Wildman–Crippen LogP) is 1.14. The van der Waals surface area contributed by atoms with Gasteiger partial charge in [0.15, 0.2) is 0 Å². The van der Waals surface area contributed by atoms with Crippen molar-refractivity contribution in [3.05, 3.63) is 64.6 Å². The molecule has 0 unspecified atom stereocenters. The van der Waals surface area contributed by atoms with Crippen LogP contribution in [0, 0.1) is 0 Å². The lowest BCUT2D eigenvalue weighted by Gasteiger charge is -2.18. The number of carbonyl (C=O) groups excluding carboxylic acids is 3. The number of anilines is 1. The van der Waals surface area contributed by atoms with Crippen molar-refractivity contribution in [2.45, 2.75) is 38.3 Å². The van der Waals surface area contributed by atoms with Crippen LogP contribution >= 0.6 is 0 Å². The summed E-state index contributed by atoms with van der Waals surface area (Å²) in [6, 6.07) is 10.2. The monoisotopic (exact) mass is 413 g/mol. The van der Waals surface area contributed by atoms with E-state index >= 15 is 0 Å². The van der Waals surface area contributed by atoms with Gasteiger partial charge in [-0.15, -0.1) is 0 Å². The quantitative estimate of drug-likeness (QED) is 0.500. The minimum absolute atomic E-state index is 0.0210. The summed E-state index contributed by atoms with van der Waals surface area (Å²) < 4.78 is 1.10. The van der Waals surface area contributed by atoms with Gasteiger partial charge in [0, 0.05) is 12.6 Å². The van der Waals surface area contributed by atoms with Crippen LogP contribution in [0.4, 0.5) is 5.69 Å². The molecule has 1 heterocycles. The average Bonchev–Trinajstić information content (AvgIpc) is 2.73. The van der Waals surface area contributed by atoms with E-state index in [1.807, 2.05) is 30.3 Å². The summed E-state index contributed by atoms with van der Waals surface area (Å²) in [5, 5.41) is 13.6. The summed E-state index contributed by atoms with van der Waals surface area (Å²) in [6.07, 6.45) is 1.84. The minimum Gasteiger partial charge on any atom is -0.481 e. The first-order valence-corrected chi connectivity index (χ1v) is 9.34. The molecule has 0 saturated heterocycles. The number of aromatic nitrogens is 1. The lowest BCUT2D eigenvalue weighted by molar-refractivity contribution is -0.139. The molecule has 2 rings (SSSR count). The number of pyridine rings is 1. The average molecular weight is 413 g/mol. The number of nitrogens with one attached hydrogen (secondary N) is 2. The van der Waals surface area contributed by atoms with Crippen LogP contribution in [0.5, 0.6) is 0 Å². The third-order valence-electron chi connectivity index (χ3n) is 4.42. The molecular weight excluding hydrogens is 390 g/mol. The van der Waals surface area contributed by atoms with Gasteiger partial charge in [0.2, 0.25) is 11.8 Å². The van der Waals surface area contributed by atoms with Gasteiger partial charge >= 0.3 is 5.97 Å². The molecule has 0 aliphatic rings. The lowest BCUT2D eigenvalue weighted by atomic mass is 10.1. The molecule has 9 nitrogen and oxygen atoms in total. The highest BCUT2D eigenvalue weighted by atomic mass is 16.4. The fraction of sp³-hybridized carbons (Fsp3) is 0.286. The van der Waals surface area contributed by atoms with Crippen molar-refractivity contribution in [2.75, 3.05) is 5.32 Å². The Hall–Kier alpha value is -3.75. The molecule has 1 aromatic carbocycles. The Balaban J connectivity index is 2.05. The van der Waals surface area contributed by atoms with E-state index in [1.165, 1.54) is 25.3 Å². The van der Waals surface area contributed by atoms with E-state index in [0.717, 1.165) is 10.1 Å². The number of hydrogen-bond acceptors (Lipinski definition) is 5. The largest absolute Gasteiger partial charge is 0.481 e. The normalized spacial score (nSPS) is 12.4. The fourth-order valence-electron chi connectivity index (χ4n) is 2.78. The number of rotatable bonds is 10. The van der Waals surface area contributed by atoms with Gasteiger partial charge < -0.3 is 25.1 Å². The summed E-state index contributed by atoms with van der Waals surface area (Å²) in [6.45, 7) is 1.43. The highest BCUT2D eigenvalue weighted by Crippen LogP contribution is 2.08. The van der Waals surface area contributed by atoms with Gasteiger partial charge in [0.1, 0.15) is 18.0 Å². The second kappa shape index (κ2) is 10.7. The van der Waals surface area contributed by atoms with Crippen molar-refractivity contribution in [1.82, 2.24) is 9.88 Å². The Labute approximate surface area is 172 Å². The maximum atomic E-state index is 12.7. The summed E-state index contributed by atoms with van der Waals surface area (Å²) in [5.41, 5.74) is 0.427. The molecule has 3 N–H and O–H groups in total. The standard InChI is InChI=1S/C21H23N3O6/c1-14(20(29)22-16(13-25)12-19(27)28)24-11-5-8-17(21(24)30)23-18(26)10-9-15-6-3-2-4-7-15/h2-8,11,13-14,16H,9-10,12H2,1H3,(H,22,29)(H,23,26)(H,27,28)/t14-,16-/m0/s1. The third-order valence-corrected chi connectivity index (χ3v) is 4.42. The van der Waals surface area contributed by atoms with Gasteiger partial charge in [-0.1, -0.05) is 30.3 Å². The van der Waals surface area contributed by atoms with Crippen LogP contribution in [-0.4, -0.2) is 39.8 Å². The Kier molecular flexibility index (Phi) is 8.04. The van der Waals surface area contributed by atoms with E-state index in [4.69, 9.17) is 5.11 Å². The minimum atomic E-state index is -1.24. The molecule has 0 radical (unpaired) electrons. The number of amides is 2. The zero-order valence-electron chi connectivity index (χ0n) is 16.4. The van der Waals surface area contributed by atoms with Gasteiger partial charge in [-0.25, -0.2) is 0 Å². The SMILES string of the molecule is C[C@@H](C(=O)N[C@H](C=O)CC(=O)O)n1cccc(NC(=O)CCc2ccccc2)c1=O. The van der Waals surface area contributed by atoms with Crippen molar-refractivity contribution in [1.29, 1.82) is 0 Å². The van der Waals surface area contributed by atoms with E-state index in [0.29, 0.717) is 12.7 Å². The number of aliphatic carboxylic acids is 1. The summed E-state index contributed by atoms with van der Waals surface area (Å²) >= 11 is 0. The highest BCUT2D eigenvalue weighted by molar-refractivity contribution is 5.90. The molecule has 30 heavy (non-hydrogen) atoms. The van der Waals surface area contributed by atoms with E-state index < -0.39 is 35.9 Å². The number of carboxylic acid groups (broad SMARTS) is 1. The molecule has 0 aliphatic heterocycles. The number of nitrogens with zero attached hydrogens (tertiary/aromatic N) is 1. The second-order valence-corrected chi connectivity index (χ2v) is 6.69. The zero-order valence-corrected chi connectivity index (χ0v) is 16.4. The fourth-order valence-corrected chi connectivity index (χ4v) is 2.78. The van der Waals surface area contributed by atoms with Crippen molar-refractivity contribution < 1.29 is 24.3 Å². The highest BCUT2D eigenvalue weighted by Gasteiger charge is 2.22. The predicted molar refractivity (Wildman–Crippen MR) is 109 cm³/mol. The maximum Gasteiger partial charge on any atom is 0.305 e. The maximum absolute atomic E-state index is 12.7. The number of benzene rings is 1. The summed E-state index contributed by atoms with van der Waals surface area (Å²) in [4.78, 5) is 58.9. The first-order chi connectivity index (χ1) is 14.3. The van der Waals surface area contributed by atoms with E-state index in [9.17, 15) is 24.0 Å². The van der Waals surface area contributed by atoms with Crippen molar-refractivity contribution in [3.63, 3.8) is 0 Å². The molecule has 2 aromatic rings. The lowest BCUT2D eigenvalue weighted by Crippen LogP contribution is -2.43. The Morgan fingerprint density at radius 2 is 1.83 bits per heavy atom. The Morgan fingerprint density at radius 1 is 1.13 bits per heavy atom.